The van der Waals surface area contributed by atoms with Gasteiger partial charge in [0.15, 0.2) is 11.5 Å². The van der Waals surface area contributed by atoms with Gasteiger partial charge in [0, 0.05) is 30.6 Å². The van der Waals surface area contributed by atoms with Gasteiger partial charge in [0.25, 0.3) is 5.91 Å². The van der Waals surface area contributed by atoms with E-state index >= 15 is 0 Å². The van der Waals surface area contributed by atoms with Crippen LogP contribution in [0.2, 0.25) is 0 Å². The zero-order chi connectivity index (χ0) is 22.5. The Kier molecular flexibility index (Phi) is 6.58. The maximum atomic E-state index is 12.9. The molecule has 0 N–H and O–H groups in total. The third kappa shape index (κ3) is 4.69. The van der Waals surface area contributed by atoms with Crippen molar-refractivity contribution in [1.29, 1.82) is 0 Å². The Hall–Kier alpha value is -3.55. The number of aromatic nitrogens is 2. The van der Waals surface area contributed by atoms with Crippen molar-refractivity contribution in [2.75, 3.05) is 34.4 Å². The number of hydrogen-bond acceptors (Lipinski definition) is 7. The van der Waals surface area contributed by atoms with E-state index in [1.807, 2.05) is 29.2 Å². The van der Waals surface area contributed by atoms with Crippen LogP contribution >= 0.6 is 0 Å². The van der Waals surface area contributed by atoms with Crippen molar-refractivity contribution in [3.63, 3.8) is 0 Å². The molecule has 1 aliphatic rings. The molecule has 0 atom stereocenters. The summed E-state index contributed by atoms with van der Waals surface area (Å²) in [7, 11) is 4.77. The highest BCUT2D eigenvalue weighted by molar-refractivity contribution is 5.95. The van der Waals surface area contributed by atoms with Crippen LogP contribution in [-0.2, 0) is 6.42 Å². The first kappa shape index (κ1) is 21.7. The van der Waals surface area contributed by atoms with Crippen LogP contribution in [0.1, 0.15) is 29.1 Å². The number of piperidine rings is 1. The second kappa shape index (κ2) is 9.72. The maximum absolute atomic E-state index is 12.9. The van der Waals surface area contributed by atoms with Crippen molar-refractivity contribution < 1.29 is 23.5 Å². The number of rotatable bonds is 7. The molecule has 168 valence electrons. The molecule has 3 aromatic rings. The molecule has 0 spiro atoms. The van der Waals surface area contributed by atoms with E-state index in [1.165, 1.54) is 0 Å². The van der Waals surface area contributed by atoms with Crippen LogP contribution in [0.15, 0.2) is 47.0 Å². The van der Waals surface area contributed by atoms with E-state index in [9.17, 15) is 4.79 Å². The molecule has 1 aliphatic heterocycles. The van der Waals surface area contributed by atoms with E-state index in [4.69, 9.17) is 18.7 Å². The van der Waals surface area contributed by atoms with Gasteiger partial charge >= 0.3 is 0 Å². The number of amides is 1. The predicted octanol–water partition coefficient (Wildman–Crippen LogP) is 3.86. The number of carbonyl (C=O) groups excluding carboxylic acids is 1. The van der Waals surface area contributed by atoms with Crippen LogP contribution in [0, 0.1) is 5.92 Å². The summed E-state index contributed by atoms with van der Waals surface area (Å²) in [6, 6.07) is 12.8. The fourth-order valence-corrected chi connectivity index (χ4v) is 3.96. The highest BCUT2D eigenvalue weighted by Gasteiger charge is 2.26. The van der Waals surface area contributed by atoms with Gasteiger partial charge in [-0.15, -0.1) is 0 Å². The lowest BCUT2D eigenvalue weighted by Crippen LogP contribution is -2.38. The fourth-order valence-electron chi connectivity index (χ4n) is 3.96. The summed E-state index contributed by atoms with van der Waals surface area (Å²) >= 11 is 0. The second-order valence-corrected chi connectivity index (χ2v) is 7.75. The average Bonchev–Trinajstić information content (AvgIpc) is 3.32. The van der Waals surface area contributed by atoms with Gasteiger partial charge in [-0.25, -0.2) is 0 Å². The molecule has 8 nitrogen and oxygen atoms in total. The molecular weight excluding hydrogens is 410 g/mol. The highest BCUT2D eigenvalue weighted by Crippen LogP contribution is 2.29. The molecule has 1 fully saturated rings. The lowest BCUT2D eigenvalue weighted by atomic mass is 9.93. The molecule has 4 rings (SSSR count). The van der Waals surface area contributed by atoms with Crippen LogP contribution in [0.5, 0.6) is 17.2 Å². The lowest BCUT2D eigenvalue weighted by Gasteiger charge is -2.31. The van der Waals surface area contributed by atoms with E-state index in [1.54, 1.807) is 39.5 Å². The predicted molar refractivity (Wildman–Crippen MR) is 118 cm³/mol. The largest absolute Gasteiger partial charge is 0.497 e. The molecule has 32 heavy (non-hydrogen) atoms. The summed E-state index contributed by atoms with van der Waals surface area (Å²) in [5.41, 5.74) is 1.45. The number of hydrogen-bond donors (Lipinski definition) is 0. The van der Waals surface area contributed by atoms with Crippen molar-refractivity contribution in [3.05, 3.63) is 53.9 Å². The first-order valence-electron chi connectivity index (χ1n) is 10.6. The average molecular weight is 437 g/mol. The van der Waals surface area contributed by atoms with Gasteiger partial charge in [-0.1, -0.05) is 17.3 Å². The molecule has 0 bridgehead atoms. The third-order valence-electron chi connectivity index (χ3n) is 5.79. The topological polar surface area (TPSA) is 86.9 Å². The van der Waals surface area contributed by atoms with Gasteiger partial charge in [0.2, 0.25) is 11.7 Å². The van der Waals surface area contributed by atoms with Crippen LogP contribution in [0.4, 0.5) is 0 Å². The van der Waals surface area contributed by atoms with Gasteiger partial charge in [-0.2, -0.15) is 4.98 Å². The Morgan fingerprint density at radius 3 is 2.53 bits per heavy atom. The Balaban J connectivity index is 1.34. The third-order valence-corrected chi connectivity index (χ3v) is 5.79. The zero-order valence-electron chi connectivity index (χ0n) is 18.5. The van der Waals surface area contributed by atoms with E-state index in [0.717, 1.165) is 24.2 Å². The highest BCUT2D eigenvalue weighted by atomic mass is 16.5. The molecule has 0 unspecified atom stereocenters. The van der Waals surface area contributed by atoms with E-state index < -0.39 is 0 Å². The van der Waals surface area contributed by atoms with E-state index in [0.29, 0.717) is 54.2 Å². The van der Waals surface area contributed by atoms with Gasteiger partial charge < -0.3 is 23.6 Å². The first-order valence-corrected chi connectivity index (χ1v) is 10.6. The normalized spacial score (nSPS) is 14.3. The first-order chi connectivity index (χ1) is 15.6. The summed E-state index contributed by atoms with van der Waals surface area (Å²) in [6.45, 7) is 1.38. The number of ether oxygens (including phenoxy) is 3. The summed E-state index contributed by atoms with van der Waals surface area (Å²) in [6.07, 6.45) is 2.47. The summed E-state index contributed by atoms with van der Waals surface area (Å²) in [5.74, 6) is 3.48. The summed E-state index contributed by atoms with van der Waals surface area (Å²) < 4.78 is 21.3. The number of benzene rings is 2. The number of likely N-dealkylation sites (tertiary alicyclic amines) is 1. The van der Waals surface area contributed by atoms with Gasteiger partial charge in [0.1, 0.15) is 5.75 Å². The lowest BCUT2D eigenvalue weighted by molar-refractivity contribution is 0.0687. The van der Waals surface area contributed by atoms with Gasteiger partial charge in [-0.3, -0.25) is 4.79 Å². The van der Waals surface area contributed by atoms with E-state index in [2.05, 4.69) is 10.1 Å². The van der Waals surface area contributed by atoms with Crippen molar-refractivity contribution in [2.45, 2.75) is 19.3 Å². The molecule has 1 amide bonds. The summed E-state index contributed by atoms with van der Waals surface area (Å²) in [4.78, 5) is 19.4. The Morgan fingerprint density at radius 2 is 1.81 bits per heavy atom. The molecule has 2 heterocycles. The van der Waals surface area contributed by atoms with Crippen LogP contribution < -0.4 is 14.2 Å². The number of methoxy groups -OCH3 is 3. The second-order valence-electron chi connectivity index (χ2n) is 7.75. The Morgan fingerprint density at radius 1 is 1.03 bits per heavy atom. The fraction of sp³-hybridized carbons (Fsp3) is 0.375. The standard InChI is InChI=1S/C24H27N3O5/c1-29-19-6-4-5-17(14-19)23-25-22(32-26-23)13-16-9-11-27(12-10-16)24(28)18-7-8-20(30-2)21(15-18)31-3/h4-8,14-16H,9-13H2,1-3H3. The van der Waals surface area contributed by atoms with Gasteiger partial charge in [0.05, 0.1) is 21.3 Å². The smallest absolute Gasteiger partial charge is 0.253 e. The quantitative estimate of drug-likeness (QED) is 0.555. The number of nitrogens with zero attached hydrogens (tertiary/aromatic N) is 3. The zero-order valence-corrected chi connectivity index (χ0v) is 18.5. The van der Waals surface area contributed by atoms with Crippen molar-refractivity contribution in [2.24, 2.45) is 5.92 Å². The maximum Gasteiger partial charge on any atom is 0.253 e. The SMILES string of the molecule is COc1cccc(-c2noc(CC3CCN(C(=O)c4ccc(OC)c(OC)c4)CC3)n2)c1. The molecule has 1 aromatic heterocycles. The molecule has 0 saturated carbocycles. The Bertz CT molecular complexity index is 1070. The molecule has 1 saturated heterocycles. The van der Waals surface area contributed by atoms with Crippen molar-refractivity contribution in [3.8, 4) is 28.6 Å². The molecule has 2 aromatic carbocycles. The molecule has 8 heteroatoms. The monoisotopic (exact) mass is 437 g/mol. The summed E-state index contributed by atoms with van der Waals surface area (Å²) in [5, 5.41) is 4.11. The van der Waals surface area contributed by atoms with Crippen molar-refractivity contribution >= 4 is 5.91 Å². The Labute approximate surface area is 187 Å². The van der Waals surface area contributed by atoms with Crippen LogP contribution in [0.3, 0.4) is 0 Å². The molecular formula is C24H27N3O5. The van der Waals surface area contributed by atoms with Crippen LogP contribution in [0.25, 0.3) is 11.4 Å². The molecule has 0 radical (unpaired) electrons. The van der Waals surface area contributed by atoms with Crippen molar-refractivity contribution in [1.82, 2.24) is 15.0 Å². The minimum absolute atomic E-state index is 0.00232. The van der Waals surface area contributed by atoms with E-state index in [-0.39, 0.29) is 5.91 Å². The van der Waals surface area contributed by atoms with Crippen LogP contribution in [-0.4, -0.2) is 55.4 Å². The molecule has 0 aliphatic carbocycles. The van der Waals surface area contributed by atoms with Gasteiger partial charge in [-0.05, 0) is 49.1 Å². The number of carbonyl (C=O) groups is 1. The minimum Gasteiger partial charge on any atom is -0.497 e. The minimum atomic E-state index is 0.00232.